The molecular weight excluding hydrogens is 244 g/mol. The maximum Gasteiger partial charge on any atom is 0.266 e. The summed E-state index contributed by atoms with van der Waals surface area (Å²) in [4.78, 5) is 4.01. The molecule has 0 saturated heterocycles. The summed E-state index contributed by atoms with van der Waals surface area (Å²) in [6.07, 6.45) is -0.229. The smallest absolute Gasteiger partial charge is 0.266 e. The van der Waals surface area contributed by atoms with Crippen LogP contribution < -0.4 is 0 Å². The highest BCUT2D eigenvalue weighted by Gasteiger charge is 2.41. The molecule has 0 radical (unpaired) electrons. The molecule has 0 N–H and O–H groups in total. The molecule has 0 fully saturated rings. The summed E-state index contributed by atoms with van der Waals surface area (Å²) in [5, 5.41) is 0. The van der Waals surface area contributed by atoms with Gasteiger partial charge in [0, 0.05) is 5.41 Å². The molecule has 2 nitrogen and oxygen atoms in total. The lowest BCUT2D eigenvalue weighted by Crippen LogP contribution is -2.31. The van der Waals surface area contributed by atoms with Crippen LogP contribution in [0, 0.1) is 5.41 Å². The molecule has 1 heterocycles. The van der Waals surface area contributed by atoms with Gasteiger partial charge in [-0.2, -0.15) is 0 Å². The predicted molar refractivity (Wildman–Crippen MR) is 61.2 cm³/mol. The largest absolute Gasteiger partial charge is 0.467 e. The number of alkyl halides is 3. The molecule has 1 rings (SSSR count). The average molecular weight is 257 g/mol. The molecule has 0 aliphatic carbocycles. The normalized spacial score (nSPS) is 23.4. The van der Waals surface area contributed by atoms with Crippen molar-refractivity contribution in [2.45, 2.75) is 30.7 Å². The molecule has 14 heavy (non-hydrogen) atoms. The van der Waals surface area contributed by atoms with E-state index in [0.29, 0.717) is 5.70 Å². The lowest BCUT2D eigenvalue weighted by molar-refractivity contribution is 0.120. The van der Waals surface area contributed by atoms with Gasteiger partial charge in [0.2, 0.25) is 5.90 Å². The number of rotatable bonds is 0. The second kappa shape index (κ2) is 3.58. The first-order valence-electron chi connectivity index (χ1n) is 4.13. The van der Waals surface area contributed by atoms with Crippen molar-refractivity contribution < 1.29 is 4.74 Å². The molecule has 0 aromatic carbocycles. The van der Waals surface area contributed by atoms with Crippen molar-refractivity contribution in [3.8, 4) is 0 Å². The summed E-state index contributed by atoms with van der Waals surface area (Å²) in [5.74, 6) is 0.104. The van der Waals surface area contributed by atoms with Crippen molar-refractivity contribution in [3.05, 3.63) is 12.3 Å². The molecule has 0 bridgehead atoms. The molecule has 0 aromatic heterocycles. The molecule has 0 spiro atoms. The first-order chi connectivity index (χ1) is 6.12. The zero-order valence-corrected chi connectivity index (χ0v) is 10.5. The fourth-order valence-electron chi connectivity index (χ4n) is 1.20. The SMILES string of the molecule is C=C1N=C(C(Cl)(Cl)Cl)OC1C(C)(C)C. The predicted octanol–water partition coefficient (Wildman–Crippen LogP) is 3.71. The number of hydrogen-bond donors (Lipinski definition) is 0. The Balaban J connectivity index is 2.85. The van der Waals surface area contributed by atoms with E-state index in [2.05, 4.69) is 11.6 Å². The van der Waals surface area contributed by atoms with Crippen LogP contribution in [0.4, 0.5) is 0 Å². The minimum Gasteiger partial charge on any atom is -0.467 e. The van der Waals surface area contributed by atoms with Crippen molar-refractivity contribution in [1.29, 1.82) is 0 Å². The molecule has 80 valence electrons. The lowest BCUT2D eigenvalue weighted by Gasteiger charge is -2.27. The first kappa shape index (κ1) is 12.2. The Labute approximate surface area is 98.9 Å². The molecule has 0 amide bonds. The van der Waals surface area contributed by atoms with Crippen LogP contribution in [0.1, 0.15) is 20.8 Å². The lowest BCUT2D eigenvalue weighted by atomic mass is 9.88. The summed E-state index contributed by atoms with van der Waals surface area (Å²) in [5.41, 5.74) is 0.483. The number of hydrogen-bond acceptors (Lipinski definition) is 2. The van der Waals surface area contributed by atoms with Crippen LogP contribution in [0.25, 0.3) is 0 Å². The molecule has 0 aromatic rings. The van der Waals surface area contributed by atoms with Crippen molar-refractivity contribution in [2.24, 2.45) is 10.4 Å². The molecule has 1 unspecified atom stereocenters. The number of halogens is 3. The third-order valence-corrected chi connectivity index (χ3v) is 2.29. The Kier molecular flexibility index (Phi) is 3.11. The second-order valence-electron chi connectivity index (χ2n) is 4.27. The fraction of sp³-hybridized carbons (Fsp3) is 0.667. The van der Waals surface area contributed by atoms with E-state index in [1.165, 1.54) is 0 Å². The highest BCUT2D eigenvalue weighted by molar-refractivity contribution is 6.76. The highest BCUT2D eigenvalue weighted by Crippen LogP contribution is 2.38. The van der Waals surface area contributed by atoms with Crippen LogP contribution >= 0.6 is 34.8 Å². The Morgan fingerprint density at radius 2 is 1.79 bits per heavy atom. The minimum absolute atomic E-state index is 0.104. The van der Waals surface area contributed by atoms with Crippen LogP contribution in [0.5, 0.6) is 0 Å². The van der Waals surface area contributed by atoms with Gasteiger partial charge in [0.25, 0.3) is 3.79 Å². The van der Waals surface area contributed by atoms with Gasteiger partial charge in [-0.1, -0.05) is 62.2 Å². The monoisotopic (exact) mass is 255 g/mol. The third kappa shape index (κ3) is 2.56. The second-order valence-corrected chi connectivity index (χ2v) is 6.55. The summed E-state index contributed by atoms with van der Waals surface area (Å²) in [6.45, 7) is 9.82. The Morgan fingerprint density at radius 1 is 1.29 bits per heavy atom. The summed E-state index contributed by atoms with van der Waals surface area (Å²) < 4.78 is 3.85. The van der Waals surface area contributed by atoms with Gasteiger partial charge in [-0.05, 0) is 0 Å². The molecule has 1 aliphatic rings. The zero-order valence-electron chi connectivity index (χ0n) is 8.27. The standard InChI is InChI=1S/C9H12Cl3NO/c1-5-6(8(2,3)4)14-7(13-5)9(10,11)12/h6H,1H2,2-4H3. The van der Waals surface area contributed by atoms with Gasteiger partial charge in [-0.3, -0.25) is 0 Å². The van der Waals surface area contributed by atoms with E-state index in [9.17, 15) is 0 Å². The van der Waals surface area contributed by atoms with Crippen molar-refractivity contribution >= 4 is 40.7 Å². The number of ether oxygens (including phenoxy) is 1. The molecule has 5 heteroatoms. The van der Waals surface area contributed by atoms with E-state index >= 15 is 0 Å². The van der Waals surface area contributed by atoms with Crippen LogP contribution in [0.3, 0.4) is 0 Å². The van der Waals surface area contributed by atoms with E-state index in [4.69, 9.17) is 39.5 Å². The molecule has 1 aliphatic heterocycles. The Bertz CT molecular complexity index is 285. The molecule has 0 saturated carbocycles. The maximum absolute atomic E-state index is 5.65. The maximum atomic E-state index is 5.65. The van der Waals surface area contributed by atoms with E-state index in [1.807, 2.05) is 20.8 Å². The van der Waals surface area contributed by atoms with Gasteiger partial charge >= 0.3 is 0 Å². The van der Waals surface area contributed by atoms with E-state index < -0.39 is 3.79 Å². The van der Waals surface area contributed by atoms with Gasteiger partial charge < -0.3 is 4.74 Å². The van der Waals surface area contributed by atoms with Gasteiger partial charge in [-0.15, -0.1) is 0 Å². The van der Waals surface area contributed by atoms with Gasteiger partial charge in [0.1, 0.15) is 6.10 Å². The first-order valence-corrected chi connectivity index (χ1v) is 5.27. The number of aliphatic imine (C=N–C) groups is 1. The van der Waals surface area contributed by atoms with Gasteiger partial charge in [0.15, 0.2) is 0 Å². The molecule has 1 atom stereocenters. The molecular formula is C9H12Cl3NO. The Morgan fingerprint density at radius 3 is 2.00 bits per heavy atom. The highest BCUT2D eigenvalue weighted by atomic mass is 35.6. The quantitative estimate of drug-likeness (QED) is 0.606. The summed E-state index contributed by atoms with van der Waals surface area (Å²) in [7, 11) is 0. The topological polar surface area (TPSA) is 21.6 Å². The van der Waals surface area contributed by atoms with Crippen molar-refractivity contribution in [2.75, 3.05) is 0 Å². The fourth-order valence-corrected chi connectivity index (χ4v) is 1.46. The van der Waals surface area contributed by atoms with Crippen LogP contribution in [-0.2, 0) is 4.74 Å². The number of nitrogens with zero attached hydrogens (tertiary/aromatic N) is 1. The van der Waals surface area contributed by atoms with E-state index in [1.54, 1.807) is 0 Å². The van der Waals surface area contributed by atoms with Crippen LogP contribution in [0.2, 0.25) is 0 Å². The third-order valence-electron chi connectivity index (χ3n) is 1.81. The van der Waals surface area contributed by atoms with E-state index in [-0.39, 0.29) is 17.4 Å². The summed E-state index contributed by atoms with van der Waals surface area (Å²) in [6, 6.07) is 0. The zero-order chi connectivity index (χ0) is 11.1. The summed E-state index contributed by atoms with van der Waals surface area (Å²) >= 11 is 17.0. The van der Waals surface area contributed by atoms with Crippen molar-refractivity contribution in [1.82, 2.24) is 0 Å². The van der Waals surface area contributed by atoms with Crippen LogP contribution in [0.15, 0.2) is 17.3 Å². The Hall–Kier alpha value is 0.0800. The van der Waals surface area contributed by atoms with Gasteiger partial charge in [0.05, 0.1) is 5.70 Å². The van der Waals surface area contributed by atoms with E-state index in [0.717, 1.165) is 0 Å². The van der Waals surface area contributed by atoms with Crippen LogP contribution in [-0.4, -0.2) is 15.8 Å². The average Bonchev–Trinajstić information content (AvgIpc) is 2.27. The van der Waals surface area contributed by atoms with Crippen molar-refractivity contribution in [3.63, 3.8) is 0 Å². The minimum atomic E-state index is -1.61. The van der Waals surface area contributed by atoms with Gasteiger partial charge in [-0.25, -0.2) is 4.99 Å².